The number of carbonyl (C=O) groups excluding carboxylic acids is 7. The number of aromatic nitrogens is 5. The molecule has 1 aliphatic heterocycles. The number of imidazole rings is 1. The molecule has 0 bridgehead atoms. The summed E-state index contributed by atoms with van der Waals surface area (Å²) in [5.41, 5.74) is 7.54. The van der Waals surface area contributed by atoms with Gasteiger partial charge in [0.25, 0.3) is 18.2 Å². The highest BCUT2D eigenvalue weighted by atomic mass is 19.3. The van der Waals surface area contributed by atoms with Crippen LogP contribution in [0.25, 0.3) is 33.7 Å². The van der Waals surface area contributed by atoms with Crippen molar-refractivity contribution in [1.29, 1.82) is 0 Å². The number of fused-ring (bicyclic) bond motifs is 1. The van der Waals surface area contributed by atoms with Crippen LogP contribution in [0.5, 0.6) is 5.88 Å². The van der Waals surface area contributed by atoms with E-state index >= 15 is 0 Å². The summed E-state index contributed by atoms with van der Waals surface area (Å²) in [6.45, 7) is 5.36. The van der Waals surface area contributed by atoms with Crippen LogP contribution in [0.2, 0.25) is 0 Å². The van der Waals surface area contributed by atoms with Crippen molar-refractivity contribution in [3.63, 3.8) is 0 Å². The van der Waals surface area contributed by atoms with Crippen LogP contribution in [0.1, 0.15) is 67.0 Å². The third-order valence-corrected chi connectivity index (χ3v) is 13.5. The number of hydrogen-bond acceptors (Lipinski definition) is 19. The predicted octanol–water partition coefficient (Wildman–Crippen LogP) is 5.17. The maximum atomic E-state index is 14.1. The lowest BCUT2D eigenvalue weighted by molar-refractivity contribution is -0.137. The van der Waals surface area contributed by atoms with Crippen LogP contribution in [0.15, 0.2) is 97.2 Å². The molecule has 4 heterocycles. The third kappa shape index (κ3) is 21.8. The van der Waals surface area contributed by atoms with E-state index in [2.05, 4.69) is 56.8 Å². The summed E-state index contributed by atoms with van der Waals surface area (Å²) >= 11 is 0. The number of anilines is 2. The Morgan fingerprint density at radius 1 is 0.739 bits per heavy atom. The summed E-state index contributed by atoms with van der Waals surface area (Å²) in [6.07, 6.45) is 0.482. The highest BCUT2D eigenvalue weighted by Gasteiger charge is 2.29. The number of alkyl halides is 2. The second-order valence-corrected chi connectivity index (χ2v) is 20.6. The number of primary amides is 1. The van der Waals surface area contributed by atoms with Crippen molar-refractivity contribution in [1.82, 2.24) is 51.1 Å². The zero-order valence-electron chi connectivity index (χ0n) is 50.2. The lowest BCUT2D eigenvalue weighted by Crippen LogP contribution is -2.54. The van der Waals surface area contributed by atoms with Gasteiger partial charge in [-0.3, -0.25) is 28.9 Å². The van der Waals surface area contributed by atoms with Crippen molar-refractivity contribution >= 4 is 70.0 Å². The van der Waals surface area contributed by atoms with Crippen LogP contribution in [0.3, 0.4) is 0 Å². The van der Waals surface area contributed by atoms with Gasteiger partial charge in [-0.2, -0.15) is 0 Å². The Balaban J connectivity index is 0.825. The minimum atomic E-state index is -2.86. The van der Waals surface area contributed by atoms with Gasteiger partial charge in [-0.25, -0.2) is 47.5 Å². The molecule has 7 rings (SSSR count). The molecular formula is C61H70F3N13O15. The Bertz CT molecular complexity index is 3540. The van der Waals surface area contributed by atoms with E-state index in [4.69, 9.17) is 34.2 Å². The first-order valence-corrected chi connectivity index (χ1v) is 29.1. The number of carboxylic acids is 1. The summed E-state index contributed by atoms with van der Waals surface area (Å²) in [5, 5.41) is 25.6. The summed E-state index contributed by atoms with van der Waals surface area (Å²) in [6, 6.07) is 16.2. The normalized spacial score (nSPS) is 12.7. The molecule has 0 aliphatic carbocycles. The minimum Gasteiger partial charge on any atom is -0.478 e. The predicted molar refractivity (Wildman–Crippen MR) is 324 cm³/mol. The van der Waals surface area contributed by atoms with Gasteiger partial charge in [0.15, 0.2) is 0 Å². The van der Waals surface area contributed by atoms with Gasteiger partial charge in [0.2, 0.25) is 23.6 Å². The van der Waals surface area contributed by atoms with Crippen molar-refractivity contribution < 1.29 is 85.1 Å². The molecule has 0 fully saturated rings. The average Bonchev–Trinajstić information content (AvgIpc) is 1.56. The molecule has 490 valence electrons. The van der Waals surface area contributed by atoms with Gasteiger partial charge in [0, 0.05) is 42.1 Å². The van der Waals surface area contributed by atoms with E-state index in [0.717, 1.165) is 17.0 Å². The van der Waals surface area contributed by atoms with Gasteiger partial charge in [-0.05, 0) is 78.9 Å². The SMILES string of the molecule is CC(C)C(NC(=O)CCOCCOCCOCCOCCN1C(=O)C=CC1=O)C(=O)N[C@@H](CCCNC(N)=O)C(=O)Nc1ccc(COC(=O)NCCOc2cnc3ccc(-c4[nH]c(CNc5ccc(F)c(C(=O)O)c5)nc4-c4cccc(C(F)F)n4)cc3n2)cc1. The molecule has 6 aromatic rings. The number of benzene rings is 3. The maximum absolute atomic E-state index is 14.1. The lowest BCUT2D eigenvalue weighted by atomic mass is 10.0. The molecule has 10 N–H and O–H groups in total. The maximum Gasteiger partial charge on any atom is 0.407 e. The quantitative estimate of drug-likeness (QED) is 0.0178. The number of H-pyrrole nitrogens is 1. The average molecular weight is 1280 g/mol. The number of halogens is 3. The Kier molecular flexibility index (Phi) is 26.6. The van der Waals surface area contributed by atoms with Gasteiger partial charge in [0.1, 0.15) is 48.3 Å². The third-order valence-electron chi connectivity index (χ3n) is 13.5. The van der Waals surface area contributed by atoms with E-state index < -0.39 is 71.4 Å². The fourth-order valence-electron chi connectivity index (χ4n) is 8.79. The van der Waals surface area contributed by atoms with Crippen LogP contribution in [0, 0.1) is 11.7 Å². The standard InChI is InChI=1S/C61H70F3N13O15/c1-36(2)53(76-49(78)18-22-87-25-27-89-29-30-90-28-26-88-24-21-77-51(79)16-17-52(77)80)58(82)73-46(7-4-19-66-60(65)85)57(81)70-39-11-8-37(9-12-39)35-92-61(86)67-20-23-91-50-34-69-43-15-10-38(31-47(43)72-50)54-55(44-5-3-6-45(71-44)56(63)64)75-48(74-54)33-68-40-13-14-42(62)41(32-40)59(83)84/h3,5-6,8-17,31-32,34,36,46,53,56,68H,4,7,18-30,33,35H2,1-2H3,(H,67,86)(H,70,81)(H,73,82)(H,74,75)(H,76,78)(H,83,84)(H3,65,66,85)/t46-,53?/m0/s1. The molecule has 0 radical (unpaired) electrons. The number of imide groups is 1. The number of alkyl carbamates (subject to hydrolysis) is 1. The molecule has 0 spiro atoms. The smallest absolute Gasteiger partial charge is 0.407 e. The van der Waals surface area contributed by atoms with Crippen molar-refractivity contribution in [2.24, 2.45) is 11.7 Å². The second-order valence-electron chi connectivity index (χ2n) is 20.6. The minimum absolute atomic E-state index is 0.00118. The number of carbonyl (C=O) groups is 8. The molecule has 1 aliphatic rings. The number of carboxylic acid groups (broad SMARTS) is 1. The van der Waals surface area contributed by atoms with Gasteiger partial charge in [-0.15, -0.1) is 0 Å². The van der Waals surface area contributed by atoms with E-state index in [1.807, 2.05) is 0 Å². The Hall–Kier alpha value is -10.1. The number of aromatic carboxylic acids is 1. The molecule has 28 nitrogen and oxygen atoms in total. The van der Waals surface area contributed by atoms with Crippen LogP contribution >= 0.6 is 0 Å². The zero-order valence-corrected chi connectivity index (χ0v) is 50.2. The highest BCUT2D eigenvalue weighted by molar-refractivity contribution is 6.12. The molecule has 0 saturated carbocycles. The molecule has 3 aromatic carbocycles. The van der Waals surface area contributed by atoms with Crippen LogP contribution in [0.4, 0.5) is 34.1 Å². The van der Waals surface area contributed by atoms with Gasteiger partial charge < -0.3 is 76.1 Å². The molecule has 31 heteroatoms. The van der Waals surface area contributed by atoms with Crippen molar-refractivity contribution in [2.75, 3.05) is 89.7 Å². The number of aromatic amines is 1. The van der Waals surface area contributed by atoms with Crippen LogP contribution in [-0.2, 0) is 60.8 Å². The number of rotatable bonds is 38. The molecular weight excluding hydrogens is 1210 g/mol. The van der Waals surface area contributed by atoms with Crippen LogP contribution in [-0.4, -0.2) is 174 Å². The van der Waals surface area contributed by atoms with Gasteiger partial charge in [-0.1, -0.05) is 38.1 Å². The molecule has 0 saturated heterocycles. The van der Waals surface area contributed by atoms with Crippen molar-refractivity contribution in [2.45, 2.75) is 64.8 Å². The van der Waals surface area contributed by atoms with E-state index in [1.165, 1.54) is 42.6 Å². The number of pyridine rings is 1. The number of nitrogens with two attached hydrogens (primary N) is 1. The van der Waals surface area contributed by atoms with E-state index in [9.17, 15) is 56.6 Å². The first-order chi connectivity index (χ1) is 44.3. The largest absolute Gasteiger partial charge is 0.478 e. The van der Waals surface area contributed by atoms with Crippen molar-refractivity contribution in [3.05, 3.63) is 126 Å². The first-order valence-electron chi connectivity index (χ1n) is 29.1. The first kappa shape index (κ1) is 69.4. The summed E-state index contributed by atoms with van der Waals surface area (Å²) in [5.74, 6) is -4.72. The number of amides is 8. The van der Waals surface area contributed by atoms with Gasteiger partial charge in [0.05, 0.1) is 107 Å². The van der Waals surface area contributed by atoms with E-state index in [0.29, 0.717) is 52.6 Å². The monoisotopic (exact) mass is 1280 g/mol. The second kappa shape index (κ2) is 35.3. The molecule has 2 atom stereocenters. The fourth-order valence-corrected chi connectivity index (χ4v) is 8.79. The zero-order chi connectivity index (χ0) is 65.9. The number of urea groups is 1. The molecule has 8 amide bonds. The van der Waals surface area contributed by atoms with Crippen molar-refractivity contribution in [3.8, 4) is 28.5 Å². The number of nitrogens with one attached hydrogen (secondary N) is 7. The van der Waals surface area contributed by atoms with E-state index in [1.54, 1.807) is 56.3 Å². The molecule has 92 heavy (non-hydrogen) atoms. The lowest BCUT2D eigenvalue weighted by Gasteiger charge is -2.25. The summed E-state index contributed by atoms with van der Waals surface area (Å²) < 4.78 is 74.6. The number of nitrogens with zero attached hydrogens (tertiary/aromatic N) is 5. The Labute approximate surface area is 524 Å². The molecule has 1 unspecified atom stereocenters. The molecule has 3 aromatic heterocycles. The highest BCUT2D eigenvalue weighted by Crippen LogP contribution is 2.33. The van der Waals surface area contributed by atoms with Crippen LogP contribution < -0.4 is 42.4 Å². The Morgan fingerprint density at radius 2 is 1.43 bits per heavy atom. The Morgan fingerprint density at radius 3 is 2.12 bits per heavy atom. The summed E-state index contributed by atoms with van der Waals surface area (Å²) in [7, 11) is 0. The van der Waals surface area contributed by atoms with E-state index in [-0.39, 0.29) is 139 Å². The number of hydrogen-bond donors (Lipinski definition) is 9. The topological polar surface area (TPSA) is 381 Å². The number of ether oxygens (including phenoxy) is 6. The van der Waals surface area contributed by atoms with Gasteiger partial charge >= 0.3 is 18.1 Å². The summed E-state index contributed by atoms with van der Waals surface area (Å²) in [4.78, 5) is 121. The fraction of sp³-hybridized carbons (Fsp3) is 0.377.